The van der Waals surface area contributed by atoms with Crippen LogP contribution in [0.15, 0.2) is 24.3 Å². The summed E-state index contributed by atoms with van der Waals surface area (Å²) in [5, 5.41) is 0. The maximum Gasteiger partial charge on any atom is 0.269 e. The highest BCUT2D eigenvalue weighted by Crippen LogP contribution is 2.22. The zero-order chi connectivity index (χ0) is 18.4. The number of hydrazine groups is 1. The number of rotatable bonds is 3. The van der Waals surface area contributed by atoms with E-state index < -0.39 is 5.91 Å². The van der Waals surface area contributed by atoms with Gasteiger partial charge in [-0.25, -0.2) is 0 Å². The quantitative estimate of drug-likeness (QED) is 0.824. The molecule has 1 aliphatic rings. The molecular formula is C19H27N3O3. The summed E-state index contributed by atoms with van der Waals surface area (Å²) in [4.78, 5) is 37.5. The molecule has 1 fully saturated rings. The van der Waals surface area contributed by atoms with Crippen molar-refractivity contribution < 1.29 is 14.4 Å². The van der Waals surface area contributed by atoms with Crippen LogP contribution >= 0.6 is 0 Å². The minimum Gasteiger partial charge on any atom is -0.333 e. The lowest BCUT2D eigenvalue weighted by molar-refractivity contribution is -0.135. The fraction of sp³-hybridized carbons (Fsp3) is 0.526. The van der Waals surface area contributed by atoms with Gasteiger partial charge < -0.3 is 4.90 Å². The Kier molecular flexibility index (Phi) is 6.17. The molecule has 0 aliphatic carbocycles. The van der Waals surface area contributed by atoms with Crippen molar-refractivity contribution in [2.24, 2.45) is 0 Å². The molecule has 3 amide bonds. The number of benzene rings is 1. The van der Waals surface area contributed by atoms with Gasteiger partial charge in [-0.1, -0.05) is 39.3 Å². The Morgan fingerprint density at radius 2 is 1.72 bits per heavy atom. The van der Waals surface area contributed by atoms with Gasteiger partial charge in [0.15, 0.2) is 0 Å². The minimum atomic E-state index is -0.394. The maximum atomic E-state index is 12.1. The van der Waals surface area contributed by atoms with Crippen LogP contribution in [0.1, 0.15) is 62.4 Å². The van der Waals surface area contributed by atoms with Crippen molar-refractivity contribution in [3.8, 4) is 0 Å². The minimum absolute atomic E-state index is 0.00301. The lowest BCUT2D eigenvalue weighted by Crippen LogP contribution is -2.47. The first-order valence-electron chi connectivity index (χ1n) is 8.75. The number of carbonyl (C=O) groups is 3. The molecule has 0 atom stereocenters. The smallest absolute Gasteiger partial charge is 0.269 e. The SMILES string of the molecule is CC(C)(C)c1ccc(C(=O)NNC(=O)CN2CCCCCC2=O)cc1. The van der Waals surface area contributed by atoms with Crippen LogP contribution in [0.2, 0.25) is 0 Å². The molecule has 1 aromatic carbocycles. The maximum absolute atomic E-state index is 12.1. The molecule has 6 heteroatoms. The molecule has 25 heavy (non-hydrogen) atoms. The molecule has 2 N–H and O–H groups in total. The first kappa shape index (κ1) is 19.0. The van der Waals surface area contributed by atoms with E-state index in [1.54, 1.807) is 17.0 Å². The largest absolute Gasteiger partial charge is 0.333 e. The predicted octanol–water partition coefficient (Wildman–Crippen LogP) is 2.15. The summed E-state index contributed by atoms with van der Waals surface area (Å²) in [5.41, 5.74) is 6.40. The van der Waals surface area contributed by atoms with Crippen LogP contribution < -0.4 is 10.9 Å². The van der Waals surface area contributed by atoms with Crippen molar-refractivity contribution in [1.29, 1.82) is 0 Å². The van der Waals surface area contributed by atoms with E-state index in [9.17, 15) is 14.4 Å². The highest BCUT2D eigenvalue weighted by molar-refractivity contribution is 5.95. The Morgan fingerprint density at radius 3 is 2.36 bits per heavy atom. The highest BCUT2D eigenvalue weighted by Gasteiger charge is 2.19. The number of likely N-dealkylation sites (tertiary alicyclic amines) is 1. The standard InChI is InChI=1S/C19H27N3O3/c1-19(2,3)15-10-8-14(9-11-15)18(25)21-20-16(23)13-22-12-6-4-5-7-17(22)24/h8-11H,4-7,12-13H2,1-3H3,(H,20,23)(H,21,25). The van der Waals surface area contributed by atoms with Gasteiger partial charge in [-0.2, -0.15) is 0 Å². The Hall–Kier alpha value is -2.37. The summed E-state index contributed by atoms with van der Waals surface area (Å²) in [6.07, 6.45) is 3.27. The second-order valence-electron chi connectivity index (χ2n) is 7.46. The van der Waals surface area contributed by atoms with Crippen molar-refractivity contribution in [3.05, 3.63) is 35.4 Å². The van der Waals surface area contributed by atoms with E-state index >= 15 is 0 Å². The van der Waals surface area contributed by atoms with E-state index in [-0.39, 0.29) is 23.8 Å². The van der Waals surface area contributed by atoms with Gasteiger partial charge >= 0.3 is 0 Å². The van der Waals surface area contributed by atoms with Gasteiger partial charge in [0.2, 0.25) is 5.91 Å². The average Bonchev–Trinajstić information content (AvgIpc) is 2.77. The first-order chi connectivity index (χ1) is 11.8. The van der Waals surface area contributed by atoms with Gasteiger partial charge in [0.1, 0.15) is 6.54 Å². The zero-order valence-electron chi connectivity index (χ0n) is 15.2. The number of nitrogens with zero attached hydrogens (tertiary/aromatic N) is 1. The van der Waals surface area contributed by atoms with Crippen LogP contribution in [0.3, 0.4) is 0 Å². The number of amides is 3. The Labute approximate surface area is 148 Å². The molecule has 0 bridgehead atoms. The van der Waals surface area contributed by atoms with E-state index in [2.05, 4.69) is 31.6 Å². The zero-order valence-corrected chi connectivity index (χ0v) is 15.2. The molecule has 0 unspecified atom stereocenters. The molecule has 2 rings (SSSR count). The molecule has 1 aliphatic heterocycles. The monoisotopic (exact) mass is 345 g/mol. The van der Waals surface area contributed by atoms with Gasteiger partial charge in [0.25, 0.3) is 11.8 Å². The Morgan fingerprint density at radius 1 is 1.04 bits per heavy atom. The third-order valence-corrected chi connectivity index (χ3v) is 4.33. The molecule has 0 saturated carbocycles. The summed E-state index contributed by atoms with van der Waals surface area (Å²) in [7, 11) is 0. The molecule has 1 aromatic rings. The number of nitrogens with one attached hydrogen (secondary N) is 2. The number of carbonyl (C=O) groups excluding carboxylic acids is 3. The third kappa shape index (κ3) is 5.59. The van der Waals surface area contributed by atoms with E-state index in [0.717, 1.165) is 24.8 Å². The number of hydrogen-bond donors (Lipinski definition) is 2. The second-order valence-corrected chi connectivity index (χ2v) is 7.46. The topological polar surface area (TPSA) is 78.5 Å². The van der Waals surface area contributed by atoms with Crippen molar-refractivity contribution in [1.82, 2.24) is 15.8 Å². The van der Waals surface area contributed by atoms with Crippen LogP contribution in [-0.4, -0.2) is 35.7 Å². The van der Waals surface area contributed by atoms with Crippen LogP contribution in [0, 0.1) is 0 Å². The van der Waals surface area contributed by atoms with Gasteiger partial charge in [0, 0.05) is 18.5 Å². The molecule has 6 nitrogen and oxygen atoms in total. The van der Waals surface area contributed by atoms with Gasteiger partial charge in [0.05, 0.1) is 0 Å². The normalized spacial score (nSPS) is 15.5. The van der Waals surface area contributed by atoms with E-state index in [0.29, 0.717) is 18.5 Å². The molecule has 0 radical (unpaired) electrons. The van der Waals surface area contributed by atoms with E-state index in [1.807, 2.05) is 12.1 Å². The third-order valence-electron chi connectivity index (χ3n) is 4.33. The van der Waals surface area contributed by atoms with Gasteiger partial charge in [-0.15, -0.1) is 0 Å². The van der Waals surface area contributed by atoms with Crippen molar-refractivity contribution in [2.75, 3.05) is 13.1 Å². The van der Waals surface area contributed by atoms with Crippen LogP contribution in [0.5, 0.6) is 0 Å². The molecular weight excluding hydrogens is 318 g/mol. The molecule has 0 aromatic heterocycles. The van der Waals surface area contributed by atoms with Gasteiger partial charge in [-0.05, 0) is 36.0 Å². The molecule has 136 valence electrons. The second kappa shape index (κ2) is 8.14. The summed E-state index contributed by atoms with van der Waals surface area (Å²) >= 11 is 0. The molecule has 0 spiro atoms. The van der Waals surface area contributed by atoms with Gasteiger partial charge in [-0.3, -0.25) is 25.2 Å². The average molecular weight is 345 g/mol. The Balaban J connectivity index is 1.84. The van der Waals surface area contributed by atoms with Crippen LogP contribution in [-0.2, 0) is 15.0 Å². The van der Waals surface area contributed by atoms with Crippen molar-refractivity contribution in [2.45, 2.75) is 51.9 Å². The number of hydrogen-bond acceptors (Lipinski definition) is 3. The summed E-state index contributed by atoms with van der Waals surface area (Å²) in [5.74, 6) is -0.775. The summed E-state index contributed by atoms with van der Waals surface area (Å²) < 4.78 is 0. The van der Waals surface area contributed by atoms with E-state index in [4.69, 9.17) is 0 Å². The lowest BCUT2D eigenvalue weighted by Gasteiger charge is -2.20. The van der Waals surface area contributed by atoms with E-state index in [1.165, 1.54) is 0 Å². The lowest BCUT2D eigenvalue weighted by atomic mass is 9.87. The van der Waals surface area contributed by atoms with Crippen LogP contribution in [0.25, 0.3) is 0 Å². The van der Waals surface area contributed by atoms with Crippen LogP contribution in [0.4, 0.5) is 0 Å². The van der Waals surface area contributed by atoms with Crippen molar-refractivity contribution in [3.63, 3.8) is 0 Å². The Bertz CT molecular complexity index is 632. The van der Waals surface area contributed by atoms with Crippen molar-refractivity contribution >= 4 is 17.7 Å². The first-order valence-corrected chi connectivity index (χ1v) is 8.75. The fourth-order valence-electron chi connectivity index (χ4n) is 2.74. The molecule has 1 saturated heterocycles. The summed E-state index contributed by atoms with van der Waals surface area (Å²) in [6.45, 7) is 6.88. The highest BCUT2D eigenvalue weighted by atomic mass is 16.2. The fourth-order valence-corrected chi connectivity index (χ4v) is 2.74. The molecule has 1 heterocycles. The predicted molar refractivity (Wildman–Crippen MR) is 95.8 cm³/mol. The summed E-state index contributed by atoms with van der Waals surface area (Å²) in [6, 6.07) is 7.29.